The van der Waals surface area contributed by atoms with E-state index in [1.807, 2.05) is 5.98 Å². The monoisotopic (exact) mass is 314 g/mol. The fourth-order valence-electron chi connectivity index (χ4n) is 2.71. The Morgan fingerprint density at radius 2 is 1.52 bits per heavy atom. The Morgan fingerprint density at radius 1 is 0.913 bits per heavy atom. The molecule has 0 bridgehead atoms. The van der Waals surface area contributed by atoms with Crippen molar-refractivity contribution in [3.63, 3.8) is 0 Å². The van der Waals surface area contributed by atoms with Crippen LogP contribution in [0.2, 0.25) is 0 Å². The molecule has 1 aliphatic rings. The topological polar surface area (TPSA) is 18.5 Å². The van der Waals surface area contributed by atoms with Crippen molar-refractivity contribution in [3.05, 3.63) is 41.4 Å². The summed E-state index contributed by atoms with van der Waals surface area (Å²) < 4.78 is 12.0. The molecule has 2 rings (SSSR count). The fraction of sp³-hybridized carbons (Fsp3) is 0.600. The van der Waals surface area contributed by atoms with Crippen LogP contribution in [-0.4, -0.2) is 18.3 Å². The number of hydrogen-bond acceptors (Lipinski definition) is 2. The normalized spacial score (nSPS) is 19.6. The highest BCUT2D eigenvalue weighted by molar-refractivity contribution is 6.52. The maximum Gasteiger partial charge on any atom is 0.487 e. The van der Waals surface area contributed by atoms with E-state index in [2.05, 4.69) is 65.0 Å². The minimum atomic E-state index is -0.273. The van der Waals surface area contributed by atoms with Gasteiger partial charge >= 0.3 is 7.12 Å². The van der Waals surface area contributed by atoms with Crippen molar-refractivity contribution in [3.8, 4) is 0 Å². The van der Waals surface area contributed by atoms with Crippen LogP contribution in [0.4, 0.5) is 0 Å². The van der Waals surface area contributed by atoms with Gasteiger partial charge in [-0.25, -0.2) is 0 Å². The molecule has 1 aliphatic heterocycles. The molecule has 1 aromatic rings. The second-order valence-corrected chi connectivity index (χ2v) is 7.54. The lowest BCUT2D eigenvalue weighted by atomic mass is 9.89. The van der Waals surface area contributed by atoms with Crippen LogP contribution >= 0.6 is 0 Å². The molecular formula is C20H31BO2. The van der Waals surface area contributed by atoms with Gasteiger partial charge in [-0.2, -0.15) is 0 Å². The van der Waals surface area contributed by atoms with Crippen molar-refractivity contribution in [2.45, 2.75) is 77.9 Å². The van der Waals surface area contributed by atoms with Gasteiger partial charge in [0, 0.05) is 0 Å². The van der Waals surface area contributed by atoms with Crippen LogP contribution in [-0.2, 0) is 15.7 Å². The third-order valence-corrected chi connectivity index (χ3v) is 5.02. The molecule has 0 unspecified atom stereocenters. The van der Waals surface area contributed by atoms with Gasteiger partial charge < -0.3 is 9.31 Å². The second-order valence-electron chi connectivity index (χ2n) is 7.54. The molecule has 0 amide bonds. The molecule has 2 nitrogen and oxygen atoms in total. The highest BCUT2D eigenvalue weighted by atomic mass is 16.7. The van der Waals surface area contributed by atoms with E-state index in [1.54, 1.807) is 0 Å². The van der Waals surface area contributed by atoms with Crippen LogP contribution in [0.15, 0.2) is 30.2 Å². The van der Waals surface area contributed by atoms with Crippen molar-refractivity contribution >= 4 is 13.2 Å². The molecule has 0 radical (unpaired) electrons. The average molecular weight is 314 g/mol. The van der Waals surface area contributed by atoms with Crippen molar-refractivity contribution < 1.29 is 9.31 Å². The number of benzene rings is 1. The van der Waals surface area contributed by atoms with Crippen LogP contribution < -0.4 is 0 Å². The first-order valence-corrected chi connectivity index (χ1v) is 8.97. The maximum atomic E-state index is 5.98. The van der Waals surface area contributed by atoms with Gasteiger partial charge in [0.1, 0.15) is 0 Å². The van der Waals surface area contributed by atoms with Crippen molar-refractivity contribution in [1.82, 2.24) is 0 Å². The molecule has 23 heavy (non-hydrogen) atoms. The van der Waals surface area contributed by atoms with Crippen LogP contribution in [0, 0.1) is 0 Å². The Hall–Kier alpha value is -1.06. The summed E-state index contributed by atoms with van der Waals surface area (Å²) in [4.78, 5) is 0. The Labute approximate surface area is 142 Å². The first kappa shape index (κ1) is 18.3. The Balaban J connectivity index is 1.86. The van der Waals surface area contributed by atoms with Crippen LogP contribution in [0.3, 0.4) is 0 Å². The molecule has 1 fully saturated rings. The van der Waals surface area contributed by atoms with E-state index in [0.717, 1.165) is 0 Å². The summed E-state index contributed by atoms with van der Waals surface area (Å²) in [6.07, 6.45) is 8.53. The zero-order valence-electron chi connectivity index (χ0n) is 15.4. The first-order valence-electron chi connectivity index (χ1n) is 8.97. The molecule has 1 heterocycles. The summed E-state index contributed by atoms with van der Waals surface area (Å²) in [5.74, 6) is 2.01. The molecule has 0 aliphatic carbocycles. The third kappa shape index (κ3) is 4.96. The maximum absolute atomic E-state index is 5.98. The van der Waals surface area contributed by atoms with E-state index in [0.29, 0.717) is 0 Å². The molecule has 1 aromatic carbocycles. The smallest absolute Gasteiger partial charge is 0.400 e. The van der Waals surface area contributed by atoms with Gasteiger partial charge in [0.25, 0.3) is 0 Å². The average Bonchev–Trinajstić information content (AvgIpc) is 2.70. The fourth-order valence-corrected chi connectivity index (χ4v) is 2.71. The molecule has 1 saturated heterocycles. The van der Waals surface area contributed by atoms with E-state index < -0.39 is 0 Å². The summed E-state index contributed by atoms with van der Waals surface area (Å²) in [6.45, 7) is 10.6. The highest BCUT2D eigenvalue weighted by Crippen LogP contribution is 2.37. The summed E-state index contributed by atoms with van der Waals surface area (Å²) >= 11 is 0. The molecule has 0 atom stereocenters. The minimum Gasteiger partial charge on any atom is -0.400 e. The summed E-state index contributed by atoms with van der Waals surface area (Å²) in [5.41, 5.74) is 2.07. The molecule has 126 valence electrons. The van der Waals surface area contributed by atoms with E-state index in [9.17, 15) is 0 Å². The van der Waals surface area contributed by atoms with E-state index in [4.69, 9.17) is 9.31 Å². The van der Waals surface area contributed by atoms with E-state index in [-0.39, 0.29) is 18.3 Å². The molecule has 0 aromatic heterocycles. The van der Waals surface area contributed by atoms with Crippen molar-refractivity contribution in [2.75, 3.05) is 0 Å². The lowest BCUT2D eigenvalue weighted by Crippen LogP contribution is -2.41. The lowest BCUT2D eigenvalue weighted by molar-refractivity contribution is 0.00578. The van der Waals surface area contributed by atoms with Gasteiger partial charge in [0.05, 0.1) is 11.2 Å². The first-order chi connectivity index (χ1) is 10.8. The van der Waals surface area contributed by atoms with Crippen LogP contribution in [0.5, 0.6) is 0 Å². The predicted molar refractivity (Wildman–Crippen MR) is 99.4 cm³/mol. The van der Waals surface area contributed by atoms with Gasteiger partial charge in [-0.1, -0.05) is 62.5 Å². The largest absolute Gasteiger partial charge is 0.487 e. The number of rotatable bonds is 7. The van der Waals surface area contributed by atoms with E-state index in [1.165, 1.54) is 43.2 Å². The second kappa shape index (κ2) is 7.68. The molecule has 0 saturated carbocycles. The quantitative estimate of drug-likeness (QED) is 0.492. The van der Waals surface area contributed by atoms with E-state index >= 15 is 0 Å². The Kier molecular flexibility index (Phi) is 6.10. The molecular weight excluding hydrogens is 283 g/mol. The lowest BCUT2D eigenvalue weighted by Gasteiger charge is -2.32. The number of hydrogen-bond donors (Lipinski definition) is 0. The van der Waals surface area contributed by atoms with Crippen molar-refractivity contribution in [2.24, 2.45) is 0 Å². The molecule has 0 spiro atoms. The van der Waals surface area contributed by atoms with Gasteiger partial charge in [-0.3, -0.25) is 0 Å². The third-order valence-electron chi connectivity index (χ3n) is 5.02. The molecule has 3 heteroatoms. The van der Waals surface area contributed by atoms with Crippen molar-refractivity contribution in [1.29, 1.82) is 0 Å². The SMILES string of the molecule is CCCCCCc1ccc(C=CB2OC(C)(C)C(C)(C)O2)cc1. The van der Waals surface area contributed by atoms with Gasteiger partial charge in [0.2, 0.25) is 0 Å². The highest BCUT2D eigenvalue weighted by Gasteiger charge is 2.49. The van der Waals surface area contributed by atoms with Gasteiger partial charge in [-0.05, 0) is 51.7 Å². The summed E-state index contributed by atoms with van der Waals surface area (Å²) in [7, 11) is -0.270. The zero-order valence-corrected chi connectivity index (χ0v) is 15.4. The number of unbranched alkanes of at least 4 members (excludes halogenated alkanes) is 3. The molecule has 0 N–H and O–H groups in total. The summed E-state index contributed by atoms with van der Waals surface area (Å²) in [5, 5.41) is 0. The Morgan fingerprint density at radius 3 is 2.09 bits per heavy atom. The number of aryl methyl sites for hydroxylation is 1. The standard InChI is InChI=1S/C20H31BO2/c1-6-7-8-9-10-17-11-13-18(14-12-17)15-16-21-22-19(2,3)20(4,5)23-21/h11-16H,6-10H2,1-5H3. The van der Waals surface area contributed by atoms with Gasteiger partial charge in [-0.15, -0.1) is 0 Å². The predicted octanol–water partition coefficient (Wildman–Crippen LogP) is 5.45. The minimum absolute atomic E-state index is 0.270. The van der Waals surface area contributed by atoms with Crippen LogP contribution in [0.25, 0.3) is 6.08 Å². The zero-order chi connectivity index (χ0) is 16.9. The van der Waals surface area contributed by atoms with Gasteiger partial charge in [0.15, 0.2) is 0 Å². The van der Waals surface area contributed by atoms with Crippen LogP contribution in [0.1, 0.15) is 71.4 Å². The Bertz CT molecular complexity index is 501. The summed E-state index contributed by atoms with van der Waals surface area (Å²) in [6, 6.07) is 8.82.